The standard InChI is InChI=1S/C29H34N6O3/c1-33-13-14-35(28(37)18-33)17-24-11-12-27(31-25(24)19-36)34(2)29(38)32-26-15-22(9-7-20-3-4-20)23(16-30-26)10-8-21-5-6-21/h11-12,15-16,19-21H,3-7,9,13-14,17-18H2,1-2H3,(H,30,32,38). The molecule has 0 spiro atoms. The van der Waals surface area contributed by atoms with E-state index >= 15 is 0 Å². The summed E-state index contributed by atoms with van der Waals surface area (Å²) in [7, 11) is 3.50. The largest absolute Gasteiger partial charge is 0.336 e. The number of hydrogen-bond acceptors (Lipinski definition) is 6. The summed E-state index contributed by atoms with van der Waals surface area (Å²) in [6.07, 6.45) is 9.40. The van der Waals surface area contributed by atoms with Crippen molar-refractivity contribution < 1.29 is 14.4 Å². The first kappa shape index (κ1) is 25.9. The van der Waals surface area contributed by atoms with Gasteiger partial charge in [0.25, 0.3) is 0 Å². The van der Waals surface area contributed by atoms with Gasteiger partial charge in [-0.05, 0) is 56.3 Å². The third-order valence-corrected chi connectivity index (χ3v) is 7.36. The van der Waals surface area contributed by atoms with Crippen LogP contribution >= 0.6 is 0 Å². The maximum absolute atomic E-state index is 13.0. The molecule has 0 bridgehead atoms. The second kappa shape index (κ2) is 11.3. The molecule has 1 saturated heterocycles. The molecule has 1 N–H and O–H groups in total. The van der Waals surface area contributed by atoms with Crippen LogP contribution in [0.5, 0.6) is 0 Å². The summed E-state index contributed by atoms with van der Waals surface area (Å²) >= 11 is 0. The topological polar surface area (TPSA) is 98.7 Å². The Hall–Kier alpha value is -3.77. The molecule has 0 unspecified atom stereocenters. The number of nitrogens with zero attached hydrogens (tertiary/aromatic N) is 5. The first-order chi connectivity index (χ1) is 18.4. The van der Waals surface area contributed by atoms with E-state index in [1.54, 1.807) is 30.3 Å². The van der Waals surface area contributed by atoms with E-state index in [1.165, 1.54) is 30.6 Å². The van der Waals surface area contributed by atoms with Crippen LogP contribution in [-0.2, 0) is 17.8 Å². The molecule has 198 valence electrons. The van der Waals surface area contributed by atoms with Crippen molar-refractivity contribution in [3.05, 3.63) is 46.8 Å². The van der Waals surface area contributed by atoms with E-state index in [9.17, 15) is 14.4 Å². The molecular weight excluding hydrogens is 480 g/mol. The number of rotatable bonds is 8. The number of aryl methyl sites for hydroxylation is 1. The minimum atomic E-state index is -0.409. The zero-order valence-corrected chi connectivity index (χ0v) is 22.1. The van der Waals surface area contributed by atoms with Crippen molar-refractivity contribution in [1.29, 1.82) is 0 Å². The number of aromatic nitrogens is 2. The summed E-state index contributed by atoms with van der Waals surface area (Å²) in [6, 6.07) is 4.95. The van der Waals surface area contributed by atoms with Crippen LogP contribution in [0.3, 0.4) is 0 Å². The fourth-order valence-electron chi connectivity index (χ4n) is 4.47. The van der Waals surface area contributed by atoms with E-state index in [0.717, 1.165) is 36.4 Å². The highest BCUT2D eigenvalue weighted by molar-refractivity contribution is 6.00. The Morgan fingerprint density at radius 2 is 2.03 bits per heavy atom. The number of pyridine rings is 2. The summed E-state index contributed by atoms with van der Waals surface area (Å²) in [5.41, 5.74) is 2.92. The molecule has 38 heavy (non-hydrogen) atoms. The number of nitrogens with one attached hydrogen (secondary N) is 1. The van der Waals surface area contributed by atoms with Crippen molar-refractivity contribution in [1.82, 2.24) is 19.8 Å². The van der Waals surface area contributed by atoms with Gasteiger partial charge in [0.2, 0.25) is 5.91 Å². The number of hydrogen-bond donors (Lipinski definition) is 1. The zero-order valence-electron chi connectivity index (χ0n) is 22.1. The number of aldehydes is 1. The van der Waals surface area contributed by atoms with Gasteiger partial charge in [-0.2, -0.15) is 0 Å². The van der Waals surface area contributed by atoms with Gasteiger partial charge in [-0.25, -0.2) is 14.8 Å². The van der Waals surface area contributed by atoms with E-state index < -0.39 is 6.03 Å². The maximum Gasteiger partial charge on any atom is 0.328 e. The Morgan fingerprint density at radius 1 is 1.21 bits per heavy atom. The summed E-state index contributed by atoms with van der Waals surface area (Å²) < 4.78 is 0. The van der Waals surface area contributed by atoms with Gasteiger partial charge in [-0.3, -0.25) is 24.7 Å². The van der Waals surface area contributed by atoms with Crippen LogP contribution in [0.15, 0.2) is 24.4 Å². The average molecular weight is 515 g/mol. The van der Waals surface area contributed by atoms with Crippen LogP contribution in [0.4, 0.5) is 16.4 Å². The summed E-state index contributed by atoms with van der Waals surface area (Å²) in [4.78, 5) is 51.1. The second-order valence-electron chi connectivity index (χ2n) is 10.6. The van der Waals surface area contributed by atoms with E-state index in [2.05, 4.69) is 27.1 Å². The van der Waals surface area contributed by atoms with Gasteiger partial charge < -0.3 is 4.90 Å². The molecule has 0 radical (unpaired) electrons. The Morgan fingerprint density at radius 3 is 2.74 bits per heavy atom. The van der Waals surface area contributed by atoms with E-state index in [0.29, 0.717) is 49.0 Å². The van der Waals surface area contributed by atoms with E-state index in [4.69, 9.17) is 0 Å². The van der Waals surface area contributed by atoms with Crippen molar-refractivity contribution in [3.8, 4) is 11.8 Å². The van der Waals surface area contributed by atoms with Gasteiger partial charge in [-0.15, -0.1) is 0 Å². The van der Waals surface area contributed by atoms with Crippen molar-refractivity contribution in [2.24, 2.45) is 11.8 Å². The predicted molar refractivity (Wildman–Crippen MR) is 145 cm³/mol. The van der Waals surface area contributed by atoms with Crippen LogP contribution in [0.2, 0.25) is 0 Å². The van der Waals surface area contributed by atoms with Gasteiger partial charge in [0.05, 0.1) is 6.54 Å². The normalized spacial score (nSPS) is 17.5. The number of urea groups is 1. The van der Waals surface area contributed by atoms with E-state index in [1.807, 2.05) is 18.0 Å². The first-order valence-electron chi connectivity index (χ1n) is 13.4. The minimum Gasteiger partial charge on any atom is -0.336 e. The molecule has 2 aliphatic carbocycles. The highest BCUT2D eigenvalue weighted by atomic mass is 16.2. The molecule has 9 nitrogen and oxygen atoms in total. The lowest BCUT2D eigenvalue weighted by Crippen LogP contribution is -2.48. The summed E-state index contributed by atoms with van der Waals surface area (Å²) in [5, 5.41) is 2.86. The fraction of sp³-hybridized carbons (Fsp3) is 0.483. The second-order valence-corrected chi connectivity index (χ2v) is 10.6. The Kier molecular flexibility index (Phi) is 7.70. The van der Waals surface area contributed by atoms with Crippen molar-refractivity contribution in [2.45, 2.75) is 45.1 Å². The number of amides is 3. The molecule has 2 aromatic rings. The highest BCUT2D eigenvalue weighted by Crippen LogP contribution is 2.34. The molecule has 3 aliphatic rings. The van der Waals surface area contributed by atoms with Gasteiger partial charge in [-0.1, -0.05) is 30.7 Å². The molecule has 2 saturated carbocycles. The number of likely N-dealkylation sites (N-methyl/N-ethyl adjacent to an activating group) is 1. The van der Waals surface area contributed by atoms with Crippen molar-refractivity contribution >= 4 is 29.9 Å². The molecule has 5 rings (SSSR count). The lowest BCUT2D eigenvalue weighted by molar-refractivity contribution is -0.136. The third kappa shape index (κ3) is 6.56. The minimum absolute atomic E-state index is 0.0183. The monoisotopic (exact) mass is 514 g/mol. The Balaban J connectivity index is 1.26. The average Bonchev–Trinajstić information content (AvgIpc) is 3.84. The lowest BCUT2D eigenvalue weighted by Gasteiger charge is -2.32. The SMILES string of the molecule is CN1CCN(Cc2ccc(N(C)C(=O)Nc3cc(CCC4CC4)c(C#CC4CC4)cn3)nc2C=O)C(=O)C1. The van der Waals surface area contributed by atoms with Crippen molar-refractivity contribution in [2.75, 3.05) is 43.9 Å². The van der Waals surface area contributed by atoms with Crippen molar-refractivity contribution in [3.63, 3.8) is 0 Å². The number of anilines is 2. The van der Waals surface area contributed by atoms with Crippen LogP contribution in [0.25, 0.3) is 0 Å². The molecule has 3 heterocycles. The third-order valence-electron chi connectivity index (χ3n) is 7.36. The maximum atomic E-state index is 13.0. The zero-order chi connectivity index (χ0) is 26.6. The molecule has 3 fully saturated rings. The van der Waals surface area contributed by atoms with Crippen LogP contribution in [0.1, 0.15) is 59.3 Å². The Labute approximate surface area is 223 Å². The quantitative estimate of drug-likeness (QED) is 0.429. The number of carbonyl (C=O) groups is 3. The Bertz CT molecular complexity index is 1290. The smallest absolute Gasteiger partial charge is 0.328 e. The summed E-state index contributed by atoms with van der Waals surface area (Å²) in [6.45, 7) is 2.04. The number of carbonyl (C=O) groups excluding carboxylic acids is 3. The van der Waals surface area contributed by atoms with Gasteiger partial charge in [0, 0.05) is 49.9 Å². The number of piperazine rings is 1. The fourth-order valence-corrected chi connectivity index (χ4v) is 4.47. The summed E-state index contributed by atoms with van der Waals surface area (Å²) in [5.74, 6) is 8.73. The molecule has 0 aromatic carbocycles. The van der Waals surface area contributed by atoms with E-state index in [-0.39, 0.29) is 11.6 Å². The van der Waals surface area contributed by atoms with Gasteiger partial charge in [0.15, 0.2) is 6.29 Å². The van der Waals surface area contributed by atoms with Crippen LogP contribution < -0.4 is 10.2 Å². The lowest BCUT2D eigenvalue weighted by atomic mass is 10.0. The first-order valence-corrected chi connectivity index (χ1v) is 13.4. The highest BCUT2D eigenvalue weighted by Gasteiger charge is 2.24. The molecule has 3 amide bonds. The molecule has 2 aromatic heterocycles. The molecular formula is C29H34N6O3. The molecule has 9 heteroatoms. The predicted octanol–water partition coefficient (Wildman–Crippen LogP) is 3.34. The molecule has 0 atom stereocenters. The molecule has 1 aliphatic heterocycles. The van der Waals surface area contributed by atoms with Crippen LogP contribution in [-0.4, -0.2) is 71.7 Å². The van der Waals surface area contributed by atoms with Gasteiger partial charge in [0.1, 0.15) is 17.3 Å². The van der Waals surface area contributed by atoms with Gasteiger partial charge >= 0.3 is 6.03 Å². The van der Waals surface area contributed by atoms with Crippen LogP contribution in [0, 0.1) is 23.7 Å².